The Kier molecular flexibility index (Phi) is 10.2. The third-order valence-corrected chi connectivity index (χ3v) is 5.97. The van der Waals surface area contributed by atoms with Gasteiger partial charge in [0.2, 0.25) is 11.8 Å². The van der Waals surface area contributed by atoms with Crippen LogP contribution < -0.4 is 21.7 Å². The molecule has 1 aliphatic heterocycles. The molecule has 0 bridgehead atoms. The number of nitrogens with zero attached hydrogens (tertiary/aromatic N) is 1. The molecule has 0 radical (unpaired) electrons. The second-order valence-electron chi connectivity index (χ2n) is 8.68. The van der Waals surface area contributed by atoms with Crippen LogP contribution in [0.2, 0.25) is 0 Å². The molecule has 6 N–H and O–H groups in total. The molecule has 2 aromatic carbocycles. The van der Waals surface area contributed by atoms with E-state index in [-0.39, 0.29) is 24.8 Å². The minimum absolute atomic E-state index is 0.153. The maximum atomic E-state index is 13.4. The molecule has 1 heterocycles. The lowest BCUT2D eigenvalue weighted by Gasteiger charge is -2.34. The van der Waals surface area contributed by atoms with E-state index < -0.39 is 24.2 Å². The van der Waals surface area contributed by atoms with E-state index in [9.17, 15) is 19.5 Å². The van der Waals surface area contributed by atoms with E-state index in [0.717, 1.165) is 12.0 Å². The van der Waals surface area contributed by atoms with Gasteiger partial charge >= 0.3 is 0 Å². The van der Waals surface area contributed by atoms with E-state index in [1.165, 1.54) is 0 Å². The van der Waals surface area contributed by atoms with Gasteiger partial charge in [0, 0.05) is 25.1 Å². The number of carbonyl (C=O) groups is 3. The van der Waals surface area contributed by atoms with Crippen molar-refractivity contribution in [2.24, 2.45) is 5.73 Å². The van der Waals surface area contributed by atoms with Crippen LogP contribution in [0.3, 0.4) is 0 Å². The van der Waals surface area contributed by atoms with Crippen molar-refractivity contribution in [2.45, 2.75) is 44.0 Å². The number of aliphatic hydroxyl groups excluding tert-OH is 1. The van der Waals surface area contributed by atoms with E-state index in [1.807, 2.05) is 36.4 Å². The van der Waals surface area contributed by atoms with Crippen molar-refractivity contribution in [3.63, 3.8) is 0 Å². The molecule has 3 rings (SSSR count). The predicted molar refractivity (Wildman–Crippen MR) is 133 cm³/mol. The van der Waals surface area contributed by atoms with Crippen LogP contribution >= 0.6 is 0 Å². The van der Waals surface area contributed by atoms with Gasteiger partial charge in [-0.15, -0.1) is 0 Å². The molecule has 9 nitrogen and oxygen atoms in total. The summed E-state index contributed by atoms with van der Waals surface area (Å²) < 4.78 is 0. The first-order valence-corrected chi connectivity index (χ1v) is 12.1. The highest BCUT2D eigenvalue weighted by molar-refractivity contribution is 5.98. The average Bonchev–Trinajstić information content (AvgIpc) is 2.88. The van der Waals surface area contributed by atoms with Gasteiger partial charge in [0.1, 0.15) is 18.3 Å². The highest BCUT2D eigenvalue weighted by Crippen LogP contribution is 2.10. The van der Waals surface area contributed by atoms with Crippen molar-refractivity contribution in [3.05, 3.63) is 71.8 Å². The van der Waals surface area contributed by atoms with Crippen molar-refractivity contribution in [1.29, 1.82) is 0 Å². The smallest absolute Gasteiger partial charge is 0.251 e. The number of hydrogen-bond donors (Lipinski definition) is 5. The van der Waals surface area contributed by atoms with Crippen molar-refractivity contribution in [3.8, 4) is 0 Å². The van der Waals surface area contributed by atoms with Crippen molar-refractivity contribution >= 4 is 17.7 Å². The van der Waals surface area contributed by atoms with Gasteiger partial charge in [0.25, 0.3) is 5.91 Å². The van der Waals surface area contributed by atoms with Crippen LogP contribution in [0.1, 0.15) is 35.2 Å². The van der Waals surface area contributed by atoms with Crippen molar-refractivity contribution in [1.82, 2.24) is 20.9 Å². The summed E-state index contributed by atoms with van der Waals surface area (Å²) in [5.74, 6) is -1.04. The molecule has 35 heavy (non-hydrogen) atoms. The summed E-state index contributed by atoms with van der Waals surface area (Å²) in [6, 6.07) is 16.5. The first kappa shape index (κ1) is 26.3. The number of unbranched alkanes of at least 4 members (excludes halogenated alkanes) is 1. The lowest BCUT2D eigenvalue weighted by atomic mass is 10.0. The molecule has 0 aliphatic carbocycles. The number of carbonyl (C=O) groups excluding carboxylic acids is 3. The molecule has 188 valence electrons. The summed E-state index contributed by atoms with van der Waals surface area (Å²) in [6.45, 7) is 1.56. The van der Waals surface area contributed by atoms with Gasteiger partial charge in [-0.3, -0.25) is 19.7 Å². The Labute approximate surface area is 206 Å². The zero-order valence-corrected chi connectivity index (χ0v) is 19.9. The van der Waals surface area contributed by atoms with Crippen molar-refractivity contribution in [2.75, 3.05) is 26.2 Å². The zero-order chi connectivity index (χ0) is 25.0. The fourth-order valence-corrected chi connectivity index (χ4v) is 4.06. The Morgan fingerprint density at radius 1 is 1.00 bits per heavy atom. The minimum Gasteiger partial charge on any atom is -0.377 e. The number of benzene rings is 2. The monoisotopic (exact) mass is 481 g/mol. The number of piperazine rings is 1. The highest BCUT2D eigenvalue weighted by Gasteiger charge is 2.31. The molecule has 0 spiro atoms. The molecular formula is C26H35N5O4. The number of β-amino-alcohol motifs (C(OH)–C–C–N with tert-alkyl or cyclic N) is 1. The molecule has 1 fully saturated rings. The molecule has 2 aromatic rings. The predicted octanol–water partition coefficient (Wildman–Crippen LogP) is 0.392. The number of amides is 3. The summed E-state index contributed by atoms with van der Waals surface area (Å²) in [5.41, 5.74) is 6.96. The number of aliphatic hydroxyl groups is 1. The van der Waals surface area contributed by atoms with Crippen LogP contribution in [0, 0.1) is 0 Å². The third-order valence-electron chi connectivity index (χ3n) is 5.97. The molecule has 0 saturated carbocycles. The first-order chi connectivity index (χ1) is 17.0. The number of nitrogens with two attached hydrogens (primary N) is 1. The summed E-state index contributed by atoms with van der Waals surface area (Å²) in [7, 11) is 0. The van der Waals surface area contributed by atoms with Crippen molar-refractivity contribution < 1.29 is 19.5 Å². The second-order valence-corrected chi connectivity index (χ2v) is 8.68. The summed E-state index contributed by atoms with van der Waals surface area (Å²) >= 11 is 0. The van der Waals surface area contributed by atoms with Gasteiger partial charge < -0.3 is 26.4 Å². The van der Waals surface area contributed by atoms with Crippen LogP contribution in [0.15, 0.2) is 60.7 Å². The largest absolute Gasteiger partial charge is 0.377 e. The standard InChI is InChI=1S/C26H35N5O4/c27-14-8-7-13-21(26(35)31-16-15-28-23(32)18-31)29-25(34)22(17-19-9-3-1-4-10-19)30-24(33)20-11-5-2-6-12-20/h1-6,9-12,21-23,28,32H,7-8,13-18,27H2,(H,29,34)(H,30,33)/t21-,22-,23+/m0/s1. The molecule has 3 atom stereocenters. The fraction of sp³-hybridized carbons (Fsp3) is 0.423. The SMILES string of the molecule is NCCCC[C@H](NC(=O)[C@H](Cc1ccccc1)NC(=O)c1ccccc1)C(=O)N1CCN[C@H](O)C1. The topological polar surface area (TPSA) is 137 Å². The highest BCUT2D eigenvalue weighted by atomic mass is 16.3. The van der Waals surface area contributed by atoms with Crippen LogP contribution in [0.5, 0.6) is 0 Å². The number of nitrogens with one attached hydrogen (secondary N) is 3. The Bertz CT molecular complexity index is 957. The van der Waals surface area contributed by atoms with E-state index in [0.29, 0.717) is 38.0 Å². The average molecular weight is 482 g/mol. The lowest BCUT2D eigenvalue weighted by molar-refractivity contribution is -0.139. The quantitative estimate of drug-likeness (QED) is 0.295. The van der Waals surface area contributed by atoms with E-state index in [4.69, 9.17) is 5.73 Å². The molecule has 3 amide bonds. The van der Waals surface area contributed by atoms with E-state index in [2.05, 4.69) is 16.0 Å². The minimum atomic E-state index is -0.872. The van der Waals surface area contributed by atoms with Gasteiger partial charge in [0.15, 0.2) is 0 Å². The Balaban J connectivity index is 1.76. The summed E-state index contributed by atoms with van der Waals surface area (Å²) in [4.78, 5) is 41.1. The number of rotatable bonds is 11. The van der Waals surface area contributed by atoms with Gasteiger partial charge in [-0.25, -0.2) is 0 Å². The van der Waals surface area contributed by atoms with E-state index >= 15 is 0 Å². The lowest BCUT2D eigenvalue weighted by Crippen LogP contribution is -2.59. The first-order valence-electron chi connectivity index (χ1n) is 12.1. The molecule has 0 aromatic heterocycles. The Morgan fingerprint density at radius 2 is 1.69 bits per heavy atom. The summed E-state index contributed by atoms with van der Waals surface area (Å²) in [5, 5.41) is 18.5. The van der Waals surface area contributed by atoms with Gasteiger partial charge in [0.05, 0.1) is 6.54 Å². The molecule has 1 saturated heterocycles. The Morgan fingerprint density at radius 3 is 2.34 bits per heavy atom. The maximum Gasteiger partial charge on any atom is 0.251 e. The normalized spacial score (nSPS) is 17.3. The fourth-order valence-electron chi connectivity index (χ4n) is 4.06. The molecular weight excluding hydrogens is 446 g/mol. The Hall–Kier alpha value is -3.27. The molecule has 1 aliphatic rings. The zero-order valence-electron chi connectivity index (χ0n) is 19.9. The molecule has 0 unspecified atom stereocenters. The van der Waals surface area contributed by atoms with Crippen LogP contribution in [-0.2, 0) is 16.0 Å². The van der Waals surface area contributed by atoms with Crippen LogP contribution in [0.4, 0.5) is 0 Å². The van der Waals surface area contributed by atoms with Crippen LogP contribution in [-0.4, -0.2) is 72.2 Å². The van der Waals surface area contributed by atoms with Gasteiger partial charge in [-0.05, 0) is 43.5 Å². The molecule has 9 heteroatoms. The number of hydrogen-bond acceptors (Lipinski definition) is 6. The second kappa shape index (κ2) is 13.6. The van der Waals surface area contributed by atoms with E-state index in [1.54, 1.807) is 29.2 Å². The van der Waals surface area contributed by atoms with Gasteiger partial charge in [-0.1, -0.05) is 48.5 Å². The summed E-state index contributed by atoms with van der Waals surface area (Å²) in [6.07, 6.45) is 1.29. The van der Waals surface area contributed by atoms with Crippen LogP contribution in [0.25, 0.3) is 0 Å². The maximum absolute atomic E-state index is 13.4. The van der Waals surface area contributed by atoms with Gasteiger partial charge in [-0.2, -0.15) is 0 Å². The third kappa shape index (κ3) is 8.17.